The van der Waals surface area contributed by atoms with Crippen LogP contribution < -0.4 is 5.73 Å². The zero-order valence-electron chi connectivity index (χ0n) is 9.95. The second-order valence-electron chi connectivity index (χ2n) is 3.95. The monoisotopic (exact) mass is 249 g/mol. The first-order chi connectivity index (χ1) is 8.61. The van der Waals surface area contributed by atoms with Crippen molar-refractivity contribution in [3.8, 4) is 11.3 Å². The summed E-state index contributed by atoms with van der Waals surface area (Å²) in [7, 11) is 0. The molecule has 0 bridgehead atoms. The molecule has 0 radical (unpaired) electrons. The van der Waals surface area contributed by atoms with Crippen molar-refractivity contribution in [3.63, 3.8) is 0 Å². The minimum Gasteiger partial charge on any atom is -0.384 e. The molecule has 0 saturated heterocycles. The second-order valence-corrected chi connectivity index (χ2v) is 3.95. The number of aryl methyl sites for hydroxylation is 1. The maximum absolute atomic E-state index is 13.7. The van der Waals surface area contributed by atoms with Crippen molar-refractivity contribution in [3.05, 3.63) is 41.7 Å². The van der Waals surface area contributed by atoms with E-state index in [-0.39, 0.29) is 11.4 Å². The number of nitrogens with two attached hydrogens (primary N) is 1. The molecule has 0 aliphatic carbocycles. The van der Waals surface area contributed by atoms with Crippen molar-refractivity contribution < 1.29 is 8.78 Å². The maximum atomic E-state index is 13.7. The predicted molar refractivity (Wildman–Crippen MR) is 65.8 cm³/mol. The van der Waals surface area contributed by atoms with Gasteiger partial charge in [0.2, 0.25) is 0 Å². The van der Waals surface area contributed by atoms with Crippen LogP contribution in [0.1, 0.15) is 19.2 Å². The minimum absolute atomic E-state index is 0.0986. The topological polar surface area (TPSA) is 51.8 Å². The van der Waals surface area contributed by atoms with Crippen LogP contribution in [0.25, 0.3) is 11.3 Å². The van der Waals surface area contributed by atoms with Gasteiger partial charge in [-0.2, -0.15) is 0 Å². The fourth-order valence-electron chi connectivity index (χ4n) is 1.69. The molecule has 1 aromatic carbocycles. The molecule has 2 aromatic rings. The molecule has 0 aliphatic heterocycles. The fraction of sp³-hybridized carbons (Fsp3) is 0.231. The van der Waals surface area contributed by atoms with Crippen molar-refractivity contribution in [2.24, 2.45) is 0 Å². The number of nitrogen functional groups attached to an aromatic ring is 1. The van der Waals surface area contributed by atoms with Crippen molar-refractivity contribution in [2.45, 2.75) is 19.8 Å². The largest absolute Gasteiger partial charge is 0.384 e. The highest BCUT2D eigenvalue weighted by atomic mass is 19.2. The highest BCUT2D eigenvalue weighted by Gasteiger charge is 2.12. The molecule has 5 heteroatoms. The van der Waals surface area contributed by atoms with Gasteiger partial charge in [-0.1, -0.05) is 13.0 Å². The van der Waals surface area contributed by atoms with Crippen molar-refractivity contribution in [1.29, 1.82) is 0 Å². The molecule has 0 amide bonds. The van der Waals surface area contributed by atoms with Crippen LogP contribution in [0.2, 0.25) is 0 Å². The van der Waals surface area contributed by atoms with Gasteiger partial charge in [-0.15, -0.1) is 0 Å². The number of hydrogen-bond donors (Lipinski definition) is 1. The van der Waals surface area contributed by atoms with Crippen LogP contribution >= 0.6 is 0 Å². The Bertz CT molecular complexity index is 570. The predicted octanol–water partition coefficient (Wildman–Crippen LogP) is 2.96. The summed E-state index contributed by atoms with van der Waals surface area (Å²) in [6.45, 7) is 1.98. The van der Waals surface area contributed by atoms with E-state index in [1.807, 2.05) is 6.92 Å². The van der Waals surface area contributed by atoms with E-state index in [1.54, 1.807) is 0 Å². The van der Waals surface area contributed by atoms with Gasteiger partial charge < -0.3 is 5.73 Å². The van der Waals surface area contributed by atoms with E-state index in [0.29, 0.717) is 17.9 Å². The van der Waals surface area contributed by atoms with E-state index in [1.165, 1.54) is 18.2 Å². The number of anilines is 1. The zero-order valence-corrected chi connectivity index (χ0v) is 9.95. The van der Waals surface area contributed by atoms with Crippen molar-refractivity contribution in [1.82, 2.24) is 9.97 Å². The van der Waals surface area contributed by atoms with Crippen LogP contribution in [0.3, 0.4) is 0 Å². The first-order valence-corrected chi connectivity index (χ1v) is 5.69. The summed E-state index contributed by atoms with van der Waals surface area (Å²) < 4.78 is 26.8. The summed E-state index contributed by atoms with van der Waals surface area (Å²) in [5, 5.41) is 0. The third-order valence-electron chi connectivity index (χ3n) is 2.49. The molecular formula is C13H13F2N3. The van der Waals surface area contributed by atoms with Gasteiger partial charge in [0.1, 0.15) is 11.6 Å². The normalized spacial score (nSPS) is 10.6. The van der Waals surface area contributed by atoms with Crippen LogP contribution in [-0.2, 0) is 6.42 Å². The molecule has 0 saturated carbocycles. The third kappa shape index (κ3) is 2.45. The minimum atomic E-state index is -0.918. The van der Waals surface area contributed by atoms with Gasteiger partial charge in [0.15, 0.2) is 11.6 Å². The maximum Gasteiger partial charge on any atom is 0.168 e. The average Bonchev–Trinajstić information content (AvgIpc) is 2.32. The summed E-state index contributed by atoms with van der Waals surface area (Å²) in [5.74, 6) is -1.02. The Morgan fingerprint density at radius 2 is 2.00 bits per heavy atom. The second kappa shape index (κ2) is 5.08. The van der Waals surface area contributed by atoms with Gasteiger partial charge in [0.25, 0.3) is 0 Å². The Kier molecular flexibility index (Phi) is 3.50. The van der Waals surface area contributed by atoms with E-state index in [2.05, 4.69) is 9.97 Å². The van der Waals surface area contributed by atoms with E-state index in [4.69, 9.17) is 5.73 Å². The Hall–Kier alpha value is -2.04. The number of nitrogens with zero attached hydrogens (tertiary/aromatic N) is 2. The number of rotatable bonds is 3. The lowest BCUT2D eigenvalue weighted by Gasteiger charge is -2.06. The molecule has 1 heterocycles. The first-order valence-electron chi connectivity index (χ1n) is 5.69. The average molecular weight is 249 g/mol. The van der Waals surface area contributed by atoms with E-state index < -0.39 is 11.6 Å². The lowest BCUT2D eigenvalue weighted by Crippen LogP contribution is -2.02. The number of halogens is 2. The highest BCUT2D eigenvalue weighted by Crippen LogP contribution is 2.24. The van der Waals surface area contributed by atoms with Crippen LogP contribution in [0, 0.1) is 11.6 Å². The lowest BCUT2D eigenvalue weighted by atomic mass is 10.1. The van der Waals surface area contributed by atoms with E-state index in [9.17, 15) is 8.78 Å². The highest BCUT2D eigenvalue weighted by molar-refractivity contribution is 5.62. The molecule has 0 fully saturated rings. The van der Waals surface area contributed by atoms with Gasteiger partial charge in [-0.05, 0) is 18.6 Å². The van der Waals surface area contributed by atoms with Crippen LogP contribution in [0.5, 0.6) is 0 Å². The Balaban J connectivity index is 2.53. The van der Waals surface area contributed by atoms with Crippen LogP contribution in [-0.4, -0.2) is 9.97 Å². The molecular weight excluding hydrogens is 236 g/mol. The number of benzene rings is 1. The molecule has 0 unspecified atom stereocenters. The van der Waals surface area contributed by atoms with E-state index >= 15 is 0 Å². The zero-order chi connectivity index (χ0) is 13.1. The molecule has 2 N–H and O–H groups in total. The fourth-order valence-corrected chi connectivity index (χ4v) is 1.69. The molecule has 1 aromatic heterocycles. The van der Waals surface area contributed by atoms with E-state index in [0.717, 1.165) is 12.5 Å². The summed E-state index contributed by atoms with van der Waals surface area (Å²) in [4.78, 5) is 8.25. The summed E-state index contributed by atoms with van der Waals surface area (Å²) in [5.41, 5.74) is 6.05. The van der Waals surface area contributed by atoms with Crippen LogP contribution in [0.15, 0.2) is 24.3 Å². The summed E-state index contributed by atoms with van der Waals surface area (Å²) in [6, 6.07) is 5.41. The van der Waals surface area contributed by atoms with Crippen molar-refractivity contribution >= 4 is 5.82 Å². The van der Waals surface area contributed by atoms with Gasteiger partial charge in [-0.25, -0.2) is 18.7 Å². The Morgan fingerprint density at radius 3 is 2.72 bits per heavy atom. The Morgan fingerprint density at radius 1 is 1.22 bits per heavy atom. The quantitative estimate of drug-likeness (QED) is 0.909. The van der Waals surface area contributed by atoms with Gasteiger partial charge >= 0.3 is 0 Å². The van der Waals surface area contributed by atoms with Crippen LogP contribution in [0.4, 0.5) is 14.6 Å². The van der Waals surface area contributed by atoms with Gasteiger partial charge in [-0.3, -0.25) is 0 Å². The lowest BCUT2D eigenvalue weighted by molar-refractivity contribution is 0.511. The van der Waals surface area contributed by atoms with Gasteiger partial charge in [0.05, 0.1) is 5.69 Å². The molecule has 18 heavy (non-hydrogen) atoms. The molecule has 0 atom stereocenters. The number of hydrogen-bond acceptors (Lipinski definition) is 3. The first kappa shape index (κ1) is 12.4. The summed E-state index contributed by atoms with van der Waals surface area (Å²) >= 11 is 0. The molecule has 2 rings (SSSR count). The molecule has 0 spiro atoms. The molecule has 3 nitrogen and oxygen atoms in total. The Labute approximate surface area is 104 Å². The smallest absolute Gasteiger partial charge is 0.168 e. The SMILES string of the molecule is CCCc1nc(N)cc(-c2cccc(F)c2F)n1. The molecule has 0 aliphatic rings. The van der Waals surface area contributed by atoms with Gasteiger partial charge in [0, 0.05) is 18.1 Å². The third-order valence-corrected chi connectivity index (χ3v) is 2.49. The standard InChI is InChI=1S/C13H13F2N3/c1-2-4-12-17-10(7-11(16)18-12)8-5-3-6-9(14)13(8)15/h3,5-7H,2,4H2,1H3,(H2,16,17,18). The number of aromatic nitrogens is 2. The van der Waals surface area contributed by atoms with Crippen molar-refractivity contribution in [2.75, 3.05) is 5.73 Å². The summed E-state index contributed by atoms with van der Waals surface area (Å²) in [6.07, 6.45) is 1.50. The molecule has 94 valence electrons.